The van der Waals surface area contributed by atoms with Crippen LogP contribution in [0.1, 0.15) is 31.8 Å². The van der Waals surface area contributed by atoms with Crippen molar-refractivity contribution >= 4 is 28.5 Å². The SMILES string of the molecule is Cc1ccccc1CNC(=O)CN1C(=O)c2cccc3cccc(c23)C1=O. The molecule has 3 aromatic rings. The molecule has 0 saturated carbocycles. The lowest BCUT2D eigenvalue weighted by Crippen LogP contribution is -2.46. The van der Waals surface area contributed by atoms with Gasteiger partial charge in [0.1, 0.15) is 6.54 Å². The van der Waals surface area contributed by atoms with E-state index in [-0.39, 0.29) is 12.5 Å². The third-order valence-electron chi connectivity index (χ3n) is 4.89. The molecule has 5 heteroatoms. The van der Waals surface area contributed by atoms with Crippen molar-refractivity contribution in [3.63, 3.8) is 0 Å². The first-order valence-corrected chi connectivity index (χ1v) is 8.75. The highest BCUT2D eigenvalue weighted by Gasteiger charge is 2.33. The number of benzene rings is 3. The summed E-state index contributed by atoms with van der Waals surface area (Å²) >= 11 is 0. The normalized spacial score (nSPS) is 13.1. The molecule has 4 rings (SSSR count). The first kappa shape index (κ1) is 17.0. The minimum atomic E-state index is -0.435. The van der Waals surface area contributed by atoms with Crippen molar-refractivity contribution in [3.8, 4) is 0 Å². The fourth-order valence-electron chi connectivity index (χ4n) is 3.43. The van der Waals surface area contributed by atoms with E-state index in [0.717, 1.165) is 21.4 Å². The van der Waals surface area contributed by atoms with E-state index in [1.807, 2.05) is 43.3 Å². The van der Waals surface area contributed by atoms with Gasteiger partial charge in [0.15, 0.2) is 0 Å². The second-order valence-electron chi connectivity index (χ2n) is 6.61. The fraction of sp³-hybridized carbons (Fsp3) is 0.136. The minimum absolute atomic E-state index is 0.297. The van der Waals surface area contributed by atoms with Crippen molar-refractivity contribution < 1.29 is 14.4 Å². The Kier molecular flexibility index (Phi) is 4.20. The summed E-state index contributed by atoms with van der Waals surface area (Å²) in [5, 5.41) is 4.29. The Hall–Kier alpha value is -3.47. The largest absolute Gasteiger partial charge is 0.350 e. The first-order chi connectivity index (χ1) is 13.1. The number of amides is 3. The molecular weight excluding hydrogens is 340 g/mol. The summed E-state index contributed by atoms with van der Waals surface area (Å²) in [5.41, 5.74) is 2.98. The van der Waals surface area contributed by atoms with E-state index in [0.29, 0.717) is 23.1 Å². The second kappa shape index (κ2) is 6.68. The Labute approximate surface area is 156 Å². The van der Waals surface area contributed by atoms with Gasteiger partial charge in [-0.1, -0.05) is 48.5 Å². The third-order valence-corrected chi connectivity index (χ3v) is 4.89. The van der Waals surface area contributed by atoms with E-state index in [9.17, 15) is 14.4 Å². The quantitative estimate of drug-likeness (QED) is 0.729. The molecule has 1 N–H and O–H groups in total. The topological polar surface area (TPSA) is 66.5 Å². The first-order valence-electron chi connectivity index (χ1n) is 8.75. The Morgan fingerprint density at radius 3 is 2.15 bits per heavy atom. The van der Waals surface area contributed by atoms with Crippen LogP contribution in [-0.2, 0) is 11.3 Å². The van der Waals surface area contributed by atoms with Crippen molar-refractivity contribution in [2.45, 2.75) is 13.5 Å². The number of hydrogen-bond acceptors (Lipinski definition) is 3. The second-order valence-corrected chi connectivity index (χ2v) is 6.61. The van der Waals surface area contributed by atoms with Gasteiger partial charge in [0.05, 0.1) is 0 Å². The van der Waals surface area contributed by atoms with Crippen LogP contribution in [0.15, 0.2) is 60.7 Å². The van der Waals surface area contributed by atoms with Gasteiger partial charge in [-0.05, 0) is 35.6 Å². The molecule has 0 unspecified atom stereocenters. The summed E-state index contributed by atoms with van der Waals surface area (Å²) in [6.45, 7) is 2.03. The molecule has 0 aliphatic carbocycles. The molecule has 0 bridgehead atoms. The average molecular weight is 358 g/mol. The average Bonchev–Trinajstić information content (AvgIpc) is 2.68. The Bertz CT molecular complexity index is 1040. The van der Waals surface area contributed by atoms with Crippen molar-refractivity contribution in [2.75, 3.05) is 6.54 Å². The standard InChI is InChI=1S/C22H18N2O3/c1-14-6-2-3-7-16(14)12-23-19(25)13-24-21(26)17-10-4-8-15-9-5-11-18(20(15)17)22(24)27/h2-11H,12-13H2,1H3,(H,23,25). The monoisotopic (exact) mass is 358 g/mol. The van der Waals surface area contributed by atoms with Crippen LogP contribution in [0.3, 0.4) is 0 Å². The zero-order valence-corrected chi connectivity index (χ0v) is 14.9. The molecule has 134 valence electrons. The van der Waals surface area contributed by atoms with E-state index in [1.165, 1.54) is 0 Å². The maximum atomic E-state index is 12.8. The Balaban J connectivity index is 1.55. The van der Waals surface area contributed by atoms with Gasteiger partial charge < -0.3 is 5.32 Å². The summed E-state index contributed by atoms with van der Waals surface area (Å²) in [7, 11) is 0. The molecule has 0 saturated heterocycles. The molecule has 0 radical (unpaired) electrons. The van der Waals surface area contributed by atoms with Crippen molar-refractivity contribution in [1.29, 1.82) is 0 Å². The lowest BCUT2D eigenvalue weighted by molar-refractivity contribution is -0.121. The molecule has 0 aromatic heterocycles. The molecule has 0 atom stereocenters. The van der Waals surface area contributed by atoms with E-state index >= 15 is 0 Å². The molecule has 1 aliphatic heterocycles. The van der Waals surface area contributed by atoms with Crippen molar-refractivity contribution in [1.82, 2.24) is 10.2 Å². The molecule has 5 nitrogen and oxygen atoms in total. The molecule has 0 spiro atoms. The predicted octanol–water partition coefficient (Wildman–Crippen LogP) is 3.06. The van der Waals surface area contributed by atoms with Crippen LogP contribution >= 0.6 is 0 Å². The van der Waals surface area contributed by atoms with Gasteiger partial charge in [-0.25, -0.2) is 0 Å². The van der Waals surface area contributed by atoms with E-state index < -0.39 is 11.8 Å². The number of aryl methyl sites for hydroxylation is 1. The number of nitrogens with zero attached hydrogens (tertiary/aromatic N) is 1. The highest BCUT2D eigenvalue weighted by atomic mass is 16.2. The summed E-state index contributed by atoms with van der Waals surface area (Å²) in [5.74, 6) is -1.24. The highest BCUT2D eigenvalue weighted by Crippen LogP contribution is 2.29. The smallest absolute Gasteiger partial charge is 0.261 e. The summed E-state index contributed by atoms with van der Waals surface area (Å²) in [4.78, 5) is 39.0. The van der Waals surface area contributed by atoms with E-state index in [1.54, 1.807) is 24.3 Å². The molecule has 3 aromatic carbocycles. The van der Waals surface area contributed by atoms with Crippen LogP contribution < -0.4 is 5.32 Å². The number of carbonyl (C=O) groups excluding carboxylic acids is 3. The van der Waals surface area contributed by atoms with Gasteiger partial charge in [0, 0.05) is 23.1 Å². The van der Waals surface area contributed by atoms with Crippen LogP contribution in [-0.4, -0.2) is 29.2 Å². The zero-order valence-electron chi connectivity index (χ0n) is 14.9. The van der Waals surface area contributed by atoms with Crippen molar-refractivity contribution in [2.24, 2.45) is 0 Å². The number of rotatable bonds is 4. The van der Waals surface area contributed by atoms with Gasteiger partial charge in [0.25, 0.3) is 11.8 Å². The van der Waals surface area contributed by atoms with E-state index in [2.05, 4.69) is 5.32 Å². The molecule has 1 aliphatic rings. The number of carbonyl (C=O) groups is 3. The van der Waals surface area contributed by atoms with Crippen LogP contribution in [0.5, 0.6) is 0 Å². The lowest BCUT2D eigenvalue weighted by Gasteiger charge is -2.26. The van der Waals surface area contributed by atoms with Crippen LogP contribution in [0.25, 0.3) is 10.8 Å². The van der Waals surface area contributed by atoms with Gasteiger partial charge in [-0.2, -0.15) is 0 Å². The maximum Gasteiger partial charge on any atom is 0.261 e. The predicted molar refractivity (Wildman–Crippen MR) is 102 cm³/mol. The minimum Gasteiger partial charge on any atom is -0.350 e. The van der Waals surface area contributed by atoms with E-state index in [4.69, 9.17) is 0 Å². The number of imide groups is 1. The third kappa shape index (κ3) is 2.97. The molecule has 3 amide bonds. The summed E-state index contributed by atoms with van der Waals surface area (Å²) in [6.07, 6.45) is 0. The lowest BCUT2D eigenvalue weighted by atomic mass is 9.94. The van der Waals surface area contributed by atoms with Gasteiger partial charge in [-0.15, -0.1) is 0 Å². The zero-order chi connectivity index (χ0) is 19.0. The summed E-state index contributed by atoms with van der Waals surface area (Å²) in [6, 6.07) is 18.4. The molecular formula is C22H18N2O3. The molecule has 1 heterocycles. The van der Waals surface area contributed by atoms with Crippen LogP contribution in [0.2, 0.25) is 0 Å². The maximum absolute atomic E-state index is 12.8. The molecule has 0 fully saturated rings. The van der Waals surface area contributed by atoms with Gasteiger partial charge >= 0.3 is 0 Å². The van der Waals surface area contributed by atoms with Gasteiger partial charge in [-0.3, -0.25) is 19.3 Å². The fourth-order valence-corrected chi connectivity index (χ4v) is 3.43. The van der Waals surface area contributed by atoms with Crippen LogP contribution in [0, 0.1) is 6.92 Å². The number of hydrogen-bond donors (Lipinski definition) is 1. The van der Waals surface area contributed by atoms with Crippen LogP contribution in [0.4, 0.5) is 0 Å². The number of nitrogens with one attached hydrogen (secondary N) is 1. The Morgan fingerprint density at radius 1 is 0.889 bits per heavy atom. The highest BCUT2D eigenvalue weighted by molar-refractivity contribution is 6.26. The molecule has 27 heavy (non-hydrogen) atoms. The Morgan fingerprint density at radius 2 is 1.52 bits per heavy atom. The van der Waals surface area contributed by atoms with Gasteiger partial charge in [0.2, 0.25) is 5.91 Å². The summed E-state index contributed by atoms with van der Waals surface area (Å²) < 4.78 is 0. The van der Waals surface area contributed by atoms with Crippen molar-refractivity contribution in [3.05, 3.63) is 82.9 Å².